The molecule has 122 valence electrons. The molecule has 0 spiro atoms. The van der Waals surface area contributed by atoms with Gasteiger partial charge in [0.15, 0.2) is 17.2 Å². The predicted molar refractivity (Wildman–Crippen MR) is 84.9 cm³/mol. The normalized spacial score (nSPS) is 19.2. The fraction of sp³-hybridized carbons (Fsp3) is 0.412. The van der Waals surface area contributed by atoms with Gasteiger partial charge in [-0.25, -0.2) is 9.79 Å². The lowest BCUT2D eigenvalue weighted by atomic mass is 9.85. The highest BCUT2D eigenvalue weighted by molar-refractivity contribution is 6.08. The molecular formula is C17H19NO5. The zero-order valence-corrected chi connectivity index (χ0v) is 13.4. The summed E-state index contributed by atoms with van der Waals surface area (Å²) in [4.78, 5) is 16.3. The first-order valence-electron chi connectivity index (χ1n) is 7.48. The van der Waals surface area contributed by atoms with Crippen LogP contribution in [0.2, 0.25) is 0 Å². The molecule has 0 atom stereocenters. The van der Waals surface area contributed by atoms with Crippen LogP contribution in [-0.4, -0.2) is 33.2 Å². The van der Waals surface area contributed by atoms with Gasteiger partial charge in [0.2, 0.25) is 11.6 Å². The van der Waals surface area contributed by atoms with Crippen molar-refractivity contribution in [1.29, 1.82) is 0 Å². The van der Waals surface area contributed by atoms with Crippen molar-refractivity contribution in [3.05, 3.63) is 23.4 Å². The van der Waals surface area contributed by atoms with Gasteiger partial charge in [-0.3, -0.25) is 0 Å². The van der Waals surface area contributed by atoms with E-state index < -0.39 is 5.97 Å². The first-order valence-corrected chi connectivity index (χ1v) is 7.48. The van der Waals surface area contributed by atoms with Crippen LogP contribution >= 0.6 is 0 Å². The van der Waals surface area contributed by atoms with Gasteiger partial charge in [0.25, 0.3) is 0 Å². The topological polar surface area (TPSA) is 66.4 Å². The van der Waals surface area contributed by atoms with E-state index in [2.05, 4.69) is 4.99 Å². The number of carbonyl (C=O) groups is 1. The summed E-state index contributed by atoms with van der Waals surface area (Å²) in [5, 5.41) is 0. The fourth-order valence-electron chi connectivity index (χ4n) is 2.60. The quantitative estimate of drug-likeness (QED) is 0.617. The van der Waals surface area contributed by atoms with E-state index in [0.29, 0.717) is 28.8 Å². The SMILES string of the molecule is COc1cc(/C=C2/N=C(C3CCC3)OC2=O)cc(OC)c1OC. The summed E-state index contributed by atoms with van der Waals surface area (Å²) >= 11 is 0. The molecule has 1 aromatic carbocycles. The standard InChI is InChI=1S/C17H19NO5/c1-20-13-8-10(9-14(21-2)15(13)22-3)7-12-17(19)23-16(18-12)11-5-4-6-11/h7-9,11H,4-6H2,1-3H3/b12-7+. The van der Waals surface area contributed by atoms with Gasteiger partial charge in [-0.1, -0.05) is 6.42 Å². The van der Waals surface area contributed by atoms with Crippen molar-refractivity contribution in [2.24, 2.45) is 10.9 Å². The molecule has 23 heavy (non-hydrogen) atoms. The Hall–Kier alpha value is -2.50. The van der Waals surface area contributed by atoms with Crippen LogP contribution in [0.5, 0.6) is 17.2 Å². The van der Waals surface area contributed by atoms with Crippen LogP contribution < -0.4 is 14.2 Å². The largest absolute Gasteiger partial charge is 0.493 e. The Morgan fingerprint density at radius 3 is 2.26 bits per heavy atom. The van der Waals surface area contributed by atoms with Crippen LogP contribution in [0.15, 0.2) is 22.8 Å². The maximum atomic E-state index is 12.0. The molecule has 1 aliphatic carbocycles. The Labute approximate surface area is 134 Å². The molecule has 1 aromatic rings. The average molecular weight is 317 g/mol. The number of ether oxygens (including phenoxy) is 4. The molecule has 1 fully saturated rings. The number of rotatable bonds is 5. The highest BCUT2D eigenvalue weighted by Gasteiger charge is 2.32. The first kappa shape index (κ1) is 15.4. The second-order valence-electron chi connectivity index (χ2n) is 5.46. The van der Waals surface area contributed by atoms with Crippen LogP contribution in [0.25, 0.3) is 6.08 Å². The Morgan fingerprint density at radius 2 is 1.78 bits per heavy atom. The lowest BCUT2D eigenvalue weighted by molar-refractivity contribution is -0.130. The molecule has 1 heterocycles. The van der Waals surface area contributed by atoms with E-state index in [0.717, 1.165) is 24.8 Å². The highest BCUT2D eigenvalue weighted by Crippen LogP contribution is 2.39. The molecule has 6 heteroatoms. The third-order valence-corrected chi connectivity index (χ3v) is 4.08. The molecule has 2 aliphatic rings. The number of methoxy groups -OCH3 is 3. The van der Waals surface area contributed by atoms with Crippen molar-refractivity contribution in [3.8, 4) is 17.2 Å². The minimum absolute atomic E-state index is 0.282. The van der Waals surface area contributed by atoms with Gasteiger partial charge in [-0.05, 0) is 36.6 Å². The number of esters is 1. The third-order valence-electron chi connectivity index (χ3n) is 4.08. The van der Waals surface area contributed by atoms with E-state index in [9.17, 15) is 4.79 Å². The molecule has 3 rings (SSSR count). The van der Waals surface area contributed by atoms with Gasteiger partial charge >= 0.3 is 5.97 Å². The molecule has 1 aliphatic heterocycles. The number of cyclic esters (lactones) is 1. The van der Waals surface area contributed by atoms with Gasteiger partial charge < -0.3 is 18.9 Å². The molecule has 0 bridgehead atoms. The number of benzene rings is 1. The van der Waals surface area contributed by atoms with Gasteiger partial charge in [-0.15, -0.1) is 0 Å². The smallest absolute Gasteiger partial charge is 0.363 e. The van der Waals surface area contributed by atoms with Crippen LogP contribution in [0, 0.1) is 5.92 Å². The van der Waals surface area contributed by atoms with E-state index >= 15 is 0 Å². The van der Waals surface area contributed by atoms with E-state index in [4.69, 9.17) is 18.9 Å². The molecule has 6 nitrogen and oxygen atoms in total. The van der Waals surface area contributed by atoms with Crippen LogP contribution in [0.1, 0.15) is 24.8 Å². The summed E-state index contributed by atoms with van der Waals surface area (Å²) in [6.45, 7) is 0. The Morgan fingerprint density at radius 1 is 1.13 bits per heavy atom. The van der Waals surface area contributed by atoms with E-state index in [-0.39, 0.29) is 5.92 Å². The Balaban J connectivity index is 1.95. The molecule has 0 saturated heterocycles. The monoisotopic (exact) mass is 317 g/mol. The maximum absolute atomic E-state index is 12.0. The van der Waals surface area contributed by atoms with Crippen molar-refractivity contribution in [2.75, 3.05) is 21.3 Å². The summed E-state index contributed by atoms with van der Waals surface area (Å²) in [6, 6.07) is 3.52. The lowest BCUT2D eigenvalue weighted by Gasteiger charge is -2.23. The van der Waals surface area contributed by atoms with Crippen molar-refractivity contribution >= 4 is 17.9 Å². The van der Waals surface area contributed by atoms with Crippen molar-refractivity contribution in [1.82, 2.24) is 0 Å². The number of aliphatic imine (C=N–C) groups is 1. The molecule has 0 aromatic heterocycles. The van der Waals surface area contributed by atoms with Gasteiger partial charge in [0.05, 0.1) is 21.3 Å². The molecule has 0 unspecified atom stereocenters. The van der Waals surface area contributed by atoms with Crippen LogP contribution in [0.4, 0.5) is 0 Å². The van der Waals surface area contributed by atoms with Crippen molar-refractivity contribution in [3.63, 3.8) is 0 Å². The lowest BCUT2D eigenvalue weighted by Crippen LogP contribution is -2.22. The number of carbonyl (C=O) groups excluding carboxylic acids is 1. The average Bonchev–Trinajstić information content (AvgIpc) is 2.84. The highest BCUT2D eigenvalue weighted by atomic mass is 16.6. The zero-order valence-electron chi connectivity index (χ0n) is 13.4. The first-order chi connectivity index (χ1) is 11.2. The van der Waals surface area contributed by atoms with Gasteiger partial charge in [-0.2, -0.15) is 0 Å². The maximum Gasteiger partial charge on any atom is 0.363 e. The van der Waals surface area contributed by atoms with Crippen molar-refractivity contribution < 1.29 is 23.7 Å². The molecule has 0 radical (unpaired) electrons. The second-order valence-corrected chi connectivity index (χ2v) is 5.46. The third kappa shape index (κ3) is 2.88. The summed E-state index contributed by atoms with van der Waals surface area (Å²) < 4.78 is 21.2. The van der Waals surface area contributed by atoms with Crippen LogP contribution in [0.3, 0.4) is 0 Å². The molecule has 0 N–H and O–H groups in total. The van der Waals surface area contributed by atoms with Gasteiger partial charge in [0, 0.05) is 5.92 Å². The summed E-state index contributed by atoms with van der Waals surface area (Å²) in [5.41, 5.74) is 1.02. The Kier molecular flexibility index (Phi) is 4.23. The fourth-order valence-corrected chi connectivity index (χ4v) is 2.60. The zero-order chi connectivity index (χ0) is 16.4. The van der Waals surface area contributed by atoms with E-state index in [1.807, 2.05) is 0 Å². The number of nitrogens with zero attached hydrogens (tertiary/aromatic N) is 1. The summed E-state index contributed by atoms with van der Waals surface area (Å²) in [7, 11) is 4.64. The summed E-state index contributed by atoms with van der Waals surface area (Å²) in [5.74, 6) is 1.96. The number of hydrogen-bond donors (Lipinski definition) is 0. The van der Waals surface area contributed by atoms with Crippen LogP contribution in [-0.2, 0) is 9.53 Å². The second kappa shape index (κ2) is 6.32. The molecule has 0 amide bonds. The van der Waals surface area contributed by atoms with Crippen molar-refractivity contribution in [2.45, 2.75) is 19.3 Å². The minimum Gasteiger partial charge on any atom is -0.493 e. The van der Waals surface area contributed by atoms with Gasteiger partial charge in [0.1, 0.15) is 0 Å². The predicted octanol–water partition coefficient (Wildman–Crippen LogP) is 2.81. The Bertz CT molecular complexity index is 663. The molecule has 1 saturated carbocycles. The minimum atomic E-state index is -0.416. The number of hydrogen-bond acceptors (Lipinski definition) is 6. The summed E-state index contributed by atoms with van der Waals surface area (Å²) in [6.07, 6.45) is 4.89. The van der Waals surface area contributed by atoms with E-state index in [1.54, 1.807) is 39.5 Å². The van der Waals surface area contributed by atoms with E-state index in [1.165, 1.54) is 0 Å². The molecular weight excluding hydrogens is 298 g/mol.